The molecule has 0 aliphatic carbocycles. The van der Waals surface area contributed by atoms with Gasteiger partial charge in [-0.1, -0.05) is 12.2 Å². The summed E-state index contributed by atoms with van der Waals surface area (Å²) in [6, 6.07) is 0. The van der Waals surface area contributed by atoms with Gasteiger partial charge in [-0.15, -0.1) is 0 Å². The Morgan fingerprint density at radius 2 is 2.58 bits per heavy atom. The lowest BCUT2D eigenvalue weighted by molar-refractivity contribution is 1.11. The maximum atomic E-state index is 11.0. The quantitative estimate of drug-likeness (QED) is 0.650. The SMILES string of the molecule is C/C=C/CNc1ncc[nH]c1=O. The summed E-state index contributed by atoms with van der Waals surface area (Å²) in [5.74, 6) is 0.357. The molecule has 0 amide bonds. The van der Waals surface area contributed by atoms with Crippen molar-refractivity contribution < 1.29 is 0 Å². The Labute approximate surface area is 70.4 Å². The molecule has 0 spiro atoms. The van der Waals surface area contributed by atoms with Crippen LogP contribution in [0.1, 0.15) is 6.92 Å². The van der Waals surface area contributed by atoms with E-state index in [1.165, 1.54) is 6.20 Å². The van der Waals surface area contributed by atoms with Crippen molar-refractivity contribution in [3.63, 3.8) is 0 Å². The first-order valence-corrected chi connectivity index (χ1v) is 3.73. The third-order valence-electron chi connectivity index (χ3n) is 1.33. The Balaban J connectivity index is 2.63. The molecule has 0 saturated heterocycles. The van der Waals surface area contributed by atoms with E-state index in [4.69, 9.17) is 0 Å². The molecule has 0 aliphatic rings. The maximum absolute atomic E-state index is 11.0. The molecule has 64 valence electrons. The van der Waals surface area contributed by atoms with Crippen molar-refractivity contribution in [3.8, 4) is 0 Å². The number of H-pyrrole nitrogens is 1. The van der Waals surface area contributed by atoms with Gasteiger partial charge in [0.1, 0.15) is 0 Å². The van der Waals surface area contributed by atoms with E-state index in [9.17, 15) is 4.79 Å². The molecule has 1 aromatic rings. The lowest BCUT2D eigenvalue weighted by Gasteiger charge is -1.98. The maximum Gasteiger partial charge on any atom is 0.290 e. The van der Waals surface area contributed by atoms with E-state index in [0.29, 0.717) is 12.4 Å². The molecule has 1 rings (SSSR count). The summed E-state index contributed by atoms with van der Waals surface area (Å²) in [6.07, 6.45) is 6.86. The predicted octanol–water partition coefficient (Wildman–Crippen LogP) is 0.758. The zero-order valence-corrected chi connectivity index (χ0v) is 6.87. The van der Waals surface area contributed by atoms with Crippen molar-refractivity contribution in [2.75, 3.05) is 11.9 Å². The molecule has 4 nitrogen and oxygen atoms in total. The largest absolute Gasteiger partial charge is 0.362 e. The minimum Gasteiger partial charge on any atom is -0.362 e. The predicted molar refractivity (Wildman–Crippen MR) is 48.2 cm³/mol. The molecular formula is C8H11N3O. The number of nitrogens with one attached hydrogen (secondary N) is 2. The van der Waals surface area contributed by atoms with Crippen LogP contribution in [0.2, 0.25) is 0 Å². The third-order valence-corrected chi connectivity index (χ3v) is 1.33. The monoisotopic (exact) mass is 165 g/mol. The summed E-state index contributed by atoms with van der Waals surface area (Å²) in [5.41, 5.74) is -0.193. The number of hydrogen-bond donors (Lipinski definition) is 2. The molecule has 1 aromatic heterocycles. The number of allylic oxidation sites excluding steroid dienone is 1. The van der Waals surface area contributed by atoms with Crippen molar-refractivity contribution in [1.82, 2.24) is 9.97 Å². The van der Waals surface area contributed by atoms with Gasteiger partial charge in [0.2, 0.25) is 0 Å². The average molecular weight is 165 g/mol. The number of hydrogen-bond acceptors (Lipinski definition) is 3. The summed E-state index contributed by atoms with van der Waals surface area (Å²) in [4.78, 5) is 17.4. The van der Waals surface area contributed by atoms with Crippen molar-refractivity contribution >= 4 is 5.82 Å². The number of aromatic nitrogens is 2. The second-order valence-corrected chi connectivity index (χ2v) is 2.22. The molecule has 1 heterocycles. The topological polar surface area (TPSA) is 57.8 Å². The van der Waals surface area contributed by atoms with Crippen LogP contribution in [0.4, 0.5) is 5.82 Å². The van der Waals surface area contributed by atoms with Gasteiger partial charge >= 0.3 is 0 Å². The summed E-state index contributed by atoms with van der Waals surface area (Å²) in [5, 5.41) is 2.87. The molecule has 0 atom stereocenters. The number of aromatic amines is 1. The van der Waals surface area contributed by atoms with Crippen LogP contribution >= 0.6 is 0 Å². The average Bonchev–Trinajstić information content (AvgIpc) is 2.09. The minimum absolute atomic E-state index is 0.193. The zero-order valence-electron chi connectivity index (χ0n) is 6.87. The van der Waals surface area contributed by atoms with Gasteiger partial charge in [0.25, 0.3) is 5.56 Å². The van der Waals surface area contributed by atoms with E-state index in [-0.39, 0.29) is 5.56 Å². The van der Waals surface area contributed by atoms with E-state index < -0.39 is 0 Å². The van der Waals surface area contributed by atoms with Crippen LogP contribution in [0, 0.1) is 0 Å². The van der Waals surface area contributed by atoms with Crippen LogP contribution < -0.4 is 10.9 Å². The van der Waals surface area contributed by atoms with Crippen molar-refractivity contribution in [2.24, 2.45) is 0 Å². The molecule has 0 saturated carbocycles. The molecule has 0 aliphatic heterocycles. The van der Waals surface area contributed by atoms with Gasteiger partial charge in [-0.3, -0.25) is 4.79 Å². The fourth-order valence-corrected chi connectivity index (χ4v) is 0.751. The molecule has 2 N–H and O–H groups in total. The molecule has 0 unspecified atom stereocenters. The van der Waals surface area contributed by atoms with Gasteiger partial charge in [-0.05, 0) is 6.92 Å². The van der Waals surface area contributed by atoms with Crippen LogP contribution in [0.3, 0.4) is 0 Å². The number of nitrogens with zero attached hydrogens (tertiary/aromatic N) is 1. The summed E-state index contributed by atoms with van der Waals surface area (Å²) < 4.78 is 0. The summed E-state index contributed by atoms with van der Waals surface area (Å²) in [7, 11) is 0. The third kappa shape index (κ3) is 2.23. The fraction of sp³-hybridized carbons (Fsp3) is 0.250. The second kappa shape index (κ2) is 4.33. The Kier molecular flexibility index (Phi) is 3.07. The van der Waals surface area contributed by atoms with Gasteiger partial charge in [-0.25, -0.2) is 4.98 Å². The fourth-order valence-electron chi connectivity index (χ4n) is 0.751. The molecule has 12 heavy (non-hydrogen) atoms. The first-order valence-electron chi connectivity index (χ1n) is 3.73. The van der Waals surface area contributed by atoms with E-state index >= 15 is 0 Å². The molecule has 4 heteroatoms. The first-order chi connectivity index (χ1) is 5.84. The lowest BCUT2D eigenvalue weighted by Crippen LogP contribution is -2.15. The Hall–Kier alpha value is -1.58. The molecular weight excluding hydrogens is 154 g/mol. The highest BCUT2D eigenvalue weighted by Gasteiger charge is 1.94. The van der Waals surface area contributed by atoms with E-state index in [1.807, 2.05) is 19.1 Å². The van der Waals surface area contributed by atoms with Crippen molar-refractivity contribution in [2.45, 2.75) is 6.92 Å². The van der Waals surface area contributed by atoms with Crippen LogP contribution in [-0.2, 0) is 0 Å². The van der Waals surface area contributed by atoms with E-state index in [2.05, 4.69) is 15.3 Å². The van der Waals surface area contributed by atoms with Gasteiger partial charge in [0, 0.05) is 18.9 Å². The lowest BCUT2D eigenvalue weighted by atomic mass is 10.5. The van der Waals surface area contributed by atoms with Crippen LogP contribution in [0.15, 0.2) is 29.3 Å². The summed E-state index contributed by atoms with van der Waals surface area (Å²) in [6.45, 7) is 2.54. The van der Waals surface area contributed by atoms with Gasteiger partial charge in [0.15, 0.2) is 5.82 Å². The van der Waals surface area contributed by atoms with Crippen LogP contribution in [0.5, 0.6) is 0 Å². The van der Waals surface area contributed by atoms with Gasteiger partial charge in [-0.2, -0.15) is 0 Å². The Morgan fingerprint density at radius 1 is 1.75 bits per heavy atom. The molecule has 0 bridgehead atoms. The van der Waals surface area contributed by atoms with Gasteiger partial charge < -0.3 is 10.3 Å². The first kappa shape index (κ1) is 8.52. The van der Waals surface area contributed by atoms with Gasteiger partial charge in [0.05, 0.1) is 0 Å². The molecule has 0 radical (unpaired) electrons. The number of rotatable bonds is 3. The summed E-state index contributed by atoms with van der Waals surface area (Å²) >= 11 is 0. The smallest absolute Gasteiger partial charge is 0.290 e. The van der Waals surface area contributed by atoms with Crippen molar-refractivity contribution in [3.05, 3.63) is 34.9 Å². The Morgan fingerprint density at radius 3 is 3.25 bits per heavy atom. The second-order valence-electron chi connectivity index (χ2n) is 2.22. The van der Waals surface area contributed by atoms with Crippen LogP contribution in [-0.4, -0.2) is 16.5 Å². The number of anilines is 1. The molecule has 0 fully saturated rings. The highest BCUT2D eigenvalue weighted by Crippen LogP contribution is 1.88. The standard InChI is InChI=1S/C8H11N3O/c1-2-3-4-9-7-8(12)11-6-5-10-7/h2-3,5-6H,4H2,1H3,(H,9,10)(H,11,12)/b3-2+. The van der Waals surface area contributed by atoms with E-state index in [1.54, 1.807) is 6.20 Å². The highest BCUT2D eigenvalue weighted by atomic mass is 16.1. The minimum atomic E-state index is -0.193. The zero-order chi connectivity index (χ0) is 8.81. The molecule has 0 aromatic carbocycles. The van der Waals surface area contributed by atoms with E-state index in [0.717, 1.165) is 0 Å². The Bertz CT molecular complexity index is 316. The van der Waals surface area contributed by atoms with Crippen molar-refractivity contribution in [1.29, 1.82) is 0 Å². The highest BCUT2D eigenvalue weighted by molar-refractivity contribution is 5.30. The normalized spacial score (nSPS) is 10.4. The van der Waals surface area contributed by atoms with Crippen LogP contribution in [0.25, 0.3) is 0 Å².